The SMILES string of the molecule is Cc1nn(C)cc1CCC(=O)c1nc(N2CCOC[C@@H]2c2ccccc2)c2cc(-c3c(C)noc3C)ccc2n1. The third kappa shape index (κ3) is 4.88. The molecule has 6 rings (SSSR count). The van der Waals surface area contributed by atoms with Crippen molar-refractivity contribution in [3.05, 3.63) is 88.8 Å². The lowest BCUT2D eigenvalue weighted by Crippen LogP contribution is -2.40. The van der Waals surface area contributed by atoms with Gasteiger partial charge in [0.05, 0.1) is 36.2 Å². The number of anilines is 1. The molecule has 0 bridgehead atoms. The summed E-state index contributed by atoms with van der Waals surface area (Å²) in [6.07, 6.45) is 2.86. The Labute approximate surface area is 232 Å². The summed E-state index contributed by atoms with van der Waals surface area (Å²) < 4.78 is 13.1. The van der Waals surface area contributed by atoms with Gasteiger partial charge in [0.15, 0.2) is 11.6 Å². The molecule has 0 aliphatic carbocycles. The molecule has 9 nitrogen and oxygen atoms in total. The van der Waals surface area contributed by atoms with Crippen LogP contribution in [0.5, 0.6) is 0 Å². The van der Waals surface area contributed by atoms with E-state index in [4.69, 9.17) is 19.2 Å². The second-order valence-corrected chi connectivity index (χ2v) is 10.3. The Morgan fingerprint density at radius 3 is 2.60 bits per heavy atom. The van der Waals surface area contributed by atoms with E-state index >= 15 is 0 Å². The minimum atomic E-state index is -0.0919. The Morgan fingerprint density at radius 2 is 1.88 bits per heavy atom. The van der Waals surface area contributed by atoms with E-state index in [1.54, 1.807) is 4.68 Å². The predicted octanol–water partition coefficient (Wildman–Crippen LogP) is 5.34. The van der Waals surface area contributed by atoms with Crippen molar-refractivity contribution in [1.29, 1.82) is 0 Å². The van der Waals surface area contributed by atoms with E-state index in [-0.39, 0.29) is 17.6 Å². The molecule has 1 atom stereocenters. The van der Waals surface area contributed by atoms with Gasteiger partial charge in [-0.25, -0.2) is 9.97 Å². The molecule has 2 aromatic carbocycles. The van der Waals surface area contributed by atoms with Gasteiger partial charge in [-0.15, -0.1) is 0 Å². The number of aryl methyl sites for hydroxylation is 5. The normalized spacial score (nSPS) is 15.6. The minimum Gasteiger partial charge on any atom is -0.377 e. The molecule has 1 saturated heterocycles. The van der Waals surface area contributed by atoms with E-state index in [1.165, 1.54) is 0 Å². The molecule has 5 aromatic rings. The number of benzene rings is 2. The lowest BCUT2D eigenvalue weighted by atomic mass is 10.0. The lowest BCUT2D eigenvalue weighted by Gasteiger charge is -2.37. The Morgan fingerprint density at radius 1 is 1.05 bits per heavy atom. The van der Waals surface area contributed by atoms with Crippen molar-refractivity contribution in [2.45, 2.75) is 39.7 Å². The van der Waals surface area contributed by atoms with Crippen LogP contribution in [0.2, 0.25) is 0 Å². The molecule has 3 aromatic heterocycles. The van der Waals surface area contributed by atoms with Gasteiger partial charge in [0.1, 0.15) is 11.6 Å². The number of fused-ring (bicyclic) bond motifs is 1. The summed E-state index contributed by atoms with van der Waals surface area (Å²) in [6.45, 7) is 7.56. The molecule has 204 valence electrons. The van der Waals surface area contributed by atoms with E-state index in [1.807, 2.05) is 64.3 Å². The van der Waals surface area contributed by atoms with Crippen molar-refractivity contribution in [1.82, 2.24) is 24.9 Å². The van der Waals surface area contributed by atoms with Crippen LogP contribution in [0.4, 0.5) is 5.82 Å². The quantitative estimate of drug-likeness (QED) is 0.257. The molecule has 0 spiro atoms. The van der Waals surface area contributed by atoms with E-state index in [9.17, 15) is 4.79 Å². The monoisotopic (exact) mass is 536 g/mol. The minimum absolute atomic E-state index is 0.0447. The molecule has 0 amide bonds. The number of rotatable bonds is 7. The van der Waals surface area contributed by atoms with Crippen molar-refractivity contribution < 1.29 is 14.1 Å². The highest BCUT2D eigenvalue weighted by atomic mass is 16.5. The molecule has 0 saturated carbocycles. The molecular formula is C31H32N6O3. The van der Waals surface area contributed by atoms with Gasteiger partial charge in [-0.2, -0.15) is 5.10 Å². The van der Waals surface area contributed by atoms with Gasteiger partial charge in [0, 0.05) is 37.2 Å². The Kier molecular flexibility index (Phi) is 6.89. The zero-order valence-electron chi connectivity index (χ0n) is 23.2. The van der Waals surface area contributed by atoms with Crippen LogP contribution in [-0.2, 0) is 18.2 Å². The first-order chi connectivity index (χ1) is 19.4. The fraction of sp³-hybridized carbons (Fsp3) is 0.323. The van der Waals surface area contributed by atoms with Crippen molar-refractivity contribution in [3.8, 4) is 11.1 Å². The maximum Gasteiger partial charge on any atom is 0.200 e. The maximum absolute atomic E-state index is 13.5. The van der Waals surface area contributed by atoms with Crippen LogP contribution in [0.1, 0.15) is 51.4 Å². The average molecular weight is 537 g/mol. The van der Waals surface area contributed by atoms with Crippen LogP contribution in [0.25, 0.3) is 22.0 Å². The van der Waals surface area contributed by atoms with Crippen molar-refractivity contribution in [2.24, 2.45) is 7.05 Å². The summed E-state index contributed by atoms with van der Waals surface area (Å²) >= 11 is 0. The Balaban J connectivity index is 1.45. The number of morpholine rings is 1. The van der Waals surface area contributed by atoms with Gasteiger partial charge in [0.2, 0.25) is 0 Å². The van der Waals surface area contributed by atoms with Crippen LogP contribution in [0.15, 0.2) is 59.3 Å². The van der Waals surface area contributed by atoms with Crippen molar-refractivity contribution >= 4 is 22.5 Å². The van der Waals surface area contributed by atoms with E-state index < -0.39 is 0 Å². The molecule has 0 N–H and O–H groups in total. The van der Waals surface area contributed by atoms with Crippen LogP contribution in [0.3, 0.4) is 0 Å². The first kappa shape index (κ1) is 25.9. The van der Waals surface area contributed by atoms with Gasteiger partial charge in [-0.3, -0.25) is 9.48 Å². The molecule has 40 heavy (non-hydrogen) atoms. The average Bonchev–Trinajstić information content (AvgIpc) is 3.49. The summed E-state index contributed by atoms with van der Waals surface area (Å²) in [5.41, 5.74) is 6.60. The third-order valence-electron chi connectivity index (χ3n) is 7.57. The number of hydrogen-bond acceptors (Lipinski definition) is 8. The Hall–Kier alpha value is -4.37. The number of ketones is 1. The van der Waals surface area contributed by atoms with Crippen LogP contribution in [0, 0.1) is 20.8 Å². The van der Waals surface area contributed by atoms with Gasteiger partial charge in [-0.05, 0) is 56.0 Å². The Bertz CT molecular complexity index is 1670. The van der Waals surface area contributed by atoms with Crippen LogP contribution >= 0.6 is 0 Å². The molecule has 0 radical (unpaired) electrons. The predicted molar refractivity (Wildman–Crippen MR) is 152 cm³/mol. The summed E-state index contributed by atoms with van der Waals surface area (Å²) in [6, 6.07) is 16.3. The number of carbonyl (C=O) groups excluding carboxylic acids is 1. The number of aromatic nitrogens is 5. The second kappa shape index (κ2) is 10.7. The summed E-state index contributed by atoms with van der Waals surface area (Å²) in [4.78, 5) is 25.5. The number of carbonyl (C=O) groups is 1. The highest BCUT2D eigenvalue weighted by Gasteiger charge is 2.29. The maximum atomic E-state index is 13.5. The summed E-state index contributed by atoms with van der Waals surface area (Å²) in [7, 11) is 1.89. The van der Waals surface area contributed by atoms with Gasteiger partial charge < -0.3 is 14.2 Å². The summed E-state index contributed by atoms with van der Waals surface area (Å²) in [5.74, 6) is 1.63. The smallest absolute Gasteiger partial charge is 0.200 e. The highest BCUT2D eigenvalue weighted by molar-refractivity contribution is 5.99. The molecule has 1 aliphatic heterocycles. The first-order valence-electron chi connectivity index (χ1n) is 13.6. The molecule has 0 unspecified atom stereocenters. The van der Waals surface area contributed by atoms with E-state index in [2.05, 4.69) is 33.4 Å². The van der Waals surface area contributed by atoms with Crippen molar-refractivity contribution in [2.75, 3.05) is 24.7 Å². The summed E-state index contributed by atoms with van der Waals surface area (Å²) in [5, 5.41) is 9.42. The standard InChI is InChI=1S/C31H32N6O3/c1-19-24(17-36(4)34-19)11-13-28(38)30-32-26-12-10-23(29-20(2)35-40-21(29)3)16-25(26)31(33-30)37-14-15-39-18-27(37)22-8-6-5-7-9-22/h5-10,12,16-17,27H,11,13-15,18H2,1-4H3/t27-/m1/s1. The largest absolute Gasteiger partial charge is 0.377 e. The topological polar surface area (TPSA) is 99.2 Å². The first-order valence-corrected chi connectivity index (χ1v) is 13.6. The van der Waals surface area contributed by atoms with Gasteiger partial charge >= 0.3 is 0 Å². The fourth-order valence-electron chi connectivity index (χ4n) is 5.57. The number of Topliss-reactive ketones (excluding diaryl/α,β-unsaturated/α-hetero) is 1. The zero-order valence-corrected chi connectivity index (χ0v) is 23.2. The van der Waals surface area contributed by atoms with Gasteiger partial charge in [0.25, 0.3) is 0 Å². The highest BCUT2D eigenvalue weighted by Crippen LogP contribution is 2.36. The molecule has 1 fully saturated rings. The number of hydrogen-bond donors (Lipinski definition) is 0. The molecule has 9 heteroatoms. The number of nitrogens with zero attached hydrogens (tertiary/aromatic N) is 6. The van der Waals surface area contributed by atoms with E-state index in [0.29, 0.717) is 32.6 Å². The fourth-order valence-corrected chi connectivity index (χ4v) is 5.57. The third-order valence-corrected chi connectivity index (χ3v) is 7.57. The second-order valence-electron chi connectivity index (χ2n) is 10.3. The van der Waals surface area contributed by atoms with Gasteiger partial charge in [-0.1, -0.05) is 41.6 Å². The van der Waals surface area contributed by atoms with E-state index in [0.717, 1.165) is 56.1 Å². The lowest BCUT2D eigenvalue weighted by molar-refractivity contribution is 0.0936. The molecular weight excluding hydrogens is 504 g/mol. The van der Waals surface area contributed by atoms with Crippen LogP contribution < -0.4 is 4.90 Å². The van der Waals surface area contributed by atoms with Crippen molar-refractivity contribution in [3.63, 3.8) is 0 Å². The zero-order chi connectivity index (χ0) is 27.8. The molecule has 4 heterocycles. The number of ether oxygens (including phenoxy) is 1. The molecule has 1 aliphatic rings. The van der Waals surface area contributed by atoms with Crippen LogP contribution in [-0.4, -0.2) is 50.4 Å².